The molecule has 1 heterocycles. The van der Waals surface area contributed by atoms with Gasteiger partial charge in [0.1, 0.15) is 5.75 Å². The summed E-state index contributed by atoms with van der Waals surface area (Å²) in [5.74, 6) is -1.40. The Bertz CT molecular complexity index is 1020. The average Bonchev–Trinajstić information content (AvgIpc) is 3.26. The second-order valence-corrected chi connectivity index (χ2v) is 6.99. The molecule has 0 aliphatic heterocycles. The first-order chi connectivity index (χ1) is 13.9. The number of hydrogen-bond acceptors (Lipinski definition) is 6. The largest absolute Gasteiger partial charge is 0.545 e. The lowest BCUT2D eigenvalue weighted by molar-refractivity contribution is -0.255. The maximum atomic E-state index is 12.4. The topological polar surface area (TPSA) is 98.8 Å². The number of benzene rings is 2. The van der Waals surface area contributed by atoms with Gasteiger partial charge in [0.05, 0.1) is 10.8 Å². The van der Waals surface area contributed by atoms with Crippen LogP contribution < -0.4 is 20.1 Å². The van der Waals surface area contributed by atoms with Crippen molar-refractivity contribution in [3.05, 3.63) is 76.5 Å². The van der Waals surface area contributed by atoms with E-state index in [4.69, 9.17) is 4.74 Å². The molecule has 0 aliphatic rings. The maximum Gasteiger partial charge on any atom is 0.268 e. The van der Waals surface area contributed by atoms with Crippen LogP contribution in [0.4, 0.5) is 11.4 Å². The van der Waals surface area contributed by atoms with Crippen LogP contribution in [0, 0.1) is 0 Å². The summed E-state index contributed by atoms with van der Waals surface area (Å²) >= 11 is 1.38. The Morgan fingerprint density at radius 2 is 1.83 bits per heavy atom. The fraction of sp³-hybridized carbons (Fsp3) is 0.0952. The Balaban J connectivity index is 1.54. The fourth-order valence-corrected chi connectivity index (χ4v) is 3.22. The lowest BCUT2D eigenvalue weighted by atomic mass is 10.2. The number of nitrogens with one attached hydrogen (secondary N) is 1. The molecule has 0 bridgehead atoms. The molecule has 2 amide bonds. The van der Waals surface area contributed by atoms with Gasteiger partial charge in [-0.25, -0.2) is 0 Å². The van der Waals surface area contributed by atoms with Crippen molar-refractivity contribution in [1.82, 2.24) is 0 Å². The lowest BCUT2D eigenvalue weighted by Gasteiger charge is -2.17. The highest BCUT2D eigenvalue weighted by Gasteiger charge is 2.14. The Hall–Kier alpha value is -3.65. The molecular weight excluding hydrogens is 392 g/mol. The quantitative estimate of drug-likeness (QED) is 0.646. The van der Waals surface area contributed by atoms with Crippen LogP contribution in [0.3, 0.4) is 0 Å². The lowest BCUT2D eigenvalue weighted by Crippen LogP contribution is -2.25. The first-order valence-corrected chi connectivity index (χ1v) is 9.47. The van der Waals surface area contributed by atoms with E-state index < -0.39 is 11.9 Å². The second kappa shape index (κ2) is 9.03. The van der Waals surface area contributed by atoms with Gasteiger partial charge in [-0.05, 0) is 53.4 Å². The zero-order valence-corrected chi connectivity index (χ0v) is 16.3. The zero-order valence-electron chi connectivity index (χ0n) is 15.5. The number of aromatic carboxylic acids is 1. The van der Waals surface area contributed by atoms with Gasteiger partial charge in [0.15, 0.2) is 6.61 Å². The number of rotatable bonds is 7. The standard InChI is InChI=1S/C21H18N2O5S/c1-23(20(25)18-6-3-11-29-18)16-7-9-17(10-8-16)28-13-19(24)22-15-5-2-4-14(12-15)21(26)27/h2-12H,13H2,1H3,(H,22,24)(H,26,27)/p-1. The van der Waals surface area contributed by atoms with Crippen LogP contribution in [0.25, 0.3) is 0 Å². The van der Waals surface area contributed by atoms with E-state index in [0.717, 1.165) is 0 Å². The van der Waals surface area contributed by atoms with Gasteiger partial charge in [0.25, 0.3) is 11.8 Å². The predicted octanol–water partition coefficient (Wildman–Crippen LogP) is 2.41. The van der Waals surface area contributed by atoms with Crippen LogP contribution in [0.1, 0.15) is 20.0 Å². The molecule has 7 nitrogen and oxygen atoms in total. The Morgan fingerprint density at radius 3 is 2.48 bits per heavy atom. The summed E-state index contributed by atoms with van der Waals surface area (Å²) in [5, 5.41) is 15.3. The van der Waals surface area contributed by atoms with Gasteiger partial charge in [0, 0.05) is 18.4 Å². The van der Waals surface area contributed by atoms with Gasteiger partial charge in [-0.1, -0.05) is 18.2 Å². The Morgan fingerprint density at radius 1 is 1.07 bits per heavy atom. The fourth-order valence-electron chi connectivity index (χ4n) is 2.52. The molecule has 3 aromatic rings. The van der Waals surface area contributed by atoms with E-state index in [2.05, 4.69) is 5.32 Å². The molecule has 0 spiro atoms. The summed E-state index contributed by atoms with van der Waals surface area (Å²) in [6.45, 7) is -0.251. The van der Waals surface area contributed by atoms with Gasteiger partial charge < -0.3 is 24.9 Å². The van der Waals surface area contributed by atoms with Crippen molar-refractivity contribution < 1.29 is 24.2 Å². The molecule has 1 N–H and O–H groups in total. The van der Waals surface area contributed by atoms with Crippen molar-refractivity contribution in [3.8, 4) is 5.75 Å². The SMILES string of the molecule is CN(C(=O)c1cccs1)c1ccc(OCC(=O)Nc2cccc(C(=O)[O-])c2)cc1. The van der Waals surface area contributed by atoms with E-state index in [1.54, 1.807) is 43.4 Å². The van der Waals surface area contributed by atoms with Crippen molar-refractivity contribution in [2.24, 2.45) is 0 Å². The predicted molar refractivity (Wildman–Crippen MR) is 108 cm³/mol. The second-order valence-electron chi connectivity index (χ2n) is 6.04. The monoisotopic (exact) mass is 409 g/mol. The van der Waals surface area contributed by atoms with Crippen molar-refractivity contribution in [1.29, 1.82) is 0 Å². The number of thiophene rings is 1. The highest BCUT2D eigenvalue weighted by molar-refractivity contribution is 7.12. The maximum absolute atomic E-state index is 12.4. The zero-order chi connectivity index (χ0) is 20.8. The van der Waals surface area contributed by atoms with E-state index in [9.17, 15) is 19.5 Å². The number of carbonyl (C=O) groups is 3. The number of hydrogen-bond donors (Lipinski definition) is 1. The molecule has 0 saturated carbocycles. The van der Waals surface area contributed by atoms with Gasteiger partial charge in [-0.3, -0.25) is 9.59 Å². The molecule has 8 heteroatoms. The number of carbonyl (C=O) groups excluding carboxylic acids is 3. The number of anilines is 2. The number of carboxylic acids is 1. The third-order valence-corrected chi connectivity index (χ3v) is 4.87. The minimum absolute atomic E-state index is 0.0273. The summed E-state index contributed by atoms with van der Waals surface area (Å²) in [7, 11) is 1.69. The summed E-state index contributed by atoms with van der Waals surface area (Å²) in [6.07, 6.45) is 0. The average molecular weight is 409 g/mol. The summed E-state index contributed by atoms with van der Waals surface area (Å²) < 4.78 is 5.44. The van der Waals surface area contributed by atoms with E-state index in [1.165, 1.54) is 34.4 Å². The van der Waals surface area contributed by atoms with Crippen molar-refractivity contribution >= 4 is 40.5 Å². The van der Waals surface area contributed by atoms with E-state index in [0.29, 0.717) is 22.0 Å². The van der Waals surface area contributed by atoms with E-state index in [-0.39, 0.29) is 18.1 Å². The van der Waals surface area contributed by atoms with Crippen LogP contribution in [-0.4, -0.2) is 31.4 Å². The van der Waals surface area contributed by atoms with Crippen LogP contribution in [-0.2, 0) is 4.79 Å². The molecule has 0 unspecified atom stereocenters. The molecular formula is C21H17N2O5S-. The van der Waals surface area contributed by atoms with Crippen LogP contribution in [0.15, 0.2) is 66.0 Å². The van der Waals surface area contributed by atoms with Gasteiger partial charge in [-0.15, -0.1) is 11.3 Å². The summed E-state index contributed by atoms with van der Waals surface area (Å²) in [4.78, 5) is 37.4. The molecule has 0 fully saturated rings. The first kappa shape index (κ1) is 20.1. The number of ether oxygens (including phenoxy) is 1. The number of amides is 2. The van der Waals surface area contributed by atoms with Crippen LogP contribution >= 0.6 is 11.3 Å². The summed E-state index contributed by atoms with van der Waals surface area (Å²) in [5.41, 5.74) is 1.00. The molecule has 1 aromatic heterocycles. The molecule has 3 rings (SSSR count). The highest BCUT2D eigenvalue weighted by Crippen LogP contribution is 2.21. The Labute approximate surface area is 171 Å². The van der Waals surface area contributed by atoms with E-state index in [1.807, 2.05) is 11.4 Å². The van der Waals surface area contributed by atoms with Crippen LogP contribution in [0.5, 0.6) is 5.75 Å². The summed E-state index contributed by atoms with van der Waals surface area (Å²) in [6, 6.07) is 16.1. The molecule has 0 atom stereocenters. The highest BCUT2D eigenvalue weighted by atomic mass is 32.1. The number of nitrogens with zero attached hydrogens (tertiary/aromatic N) is 1. The minimum Gasteiger partial charge on any atom is -0.545 e. The van der Waals surface area contributed by atoms with Crippen molar-refractivity contribution in [2.45, 2.75) is 0 Å². The third kappa shape index (κ3) is 5.20. The molecule has 0 aliphatic carbocycles. The molecule has 148 valence electrons. The van der Waals surface area contributed by atoms with Crippen molar-refractivity contribution in [2.75, 3.05) is 23.9 Å². The Kier molecular flexibility index (Phi) is 6.25. The molecule has 29 heavy (non-hydrogen) atoms. The van der Waals surface area contributed by atoms with Crippen LogP contribution in [0.2, 0.25) is 0 Å². The smallest absolute Gasteiger partial charge is 0.268 e. The molecule has 0 saturated heterocycles. The van der Waals surface area contributed by atoms with E-state index >= 15 is 0 Å². The van der Waals surface area contributed by atoms with Gasteiger partial charge >= 0.3 is 0 Å². The van der Waals surface area contributed by atoms with Gasteiger partial charge in [0.2, 0.25) is 0 Å². The number of carboxylic acid groups (broad SMARTS) is 1. The molecule has 2 aromatic carbocycles. The van der Waals surface area contributed by atoms with Crippen molar-refractivity contribution in [3.63, 3.8) is 0 Å². The minimum atomic E-state index is -1.32. The van der Waals surface area contributed by atoms with Gasteiger partial charge in [-0.2, -0.15) is 0 Å². The normalized spacial score (nSPS) is 10.2. The first-order valence-electron chi connectivity index (χ1n) is 8.60. The third-order valence-electron chi connectivity index (χ3n) is 4.01. The molecule has 0 radical (unpaired) electrons.